The van der Waals surface area contributed by atoms with Gasteiger partial charge in [0.2, 0.25) is 0 Å². The van der Waals surface area contributed by atoms with E-state index in [2.05, 4.69) is 34.3 Å². The number of benzene rings is 2. The molecule has 1 aliphatic rings. The van der Waals surface area contributed by atoms with Crippen LogP contribution in [-0.4, -0.2) is 59.9 Å². The first-order chi connectivity index (χ1) is 18.0. The average Bonchev–Trinajstić information content (AvgIpc) is 2.87. The summed E-state index contributed by atoms with van der Waals surface area (Å²) < 4.78 is 11.3. The highest BCUT2D eigenvalue weighted by molar-refractivity contribution is 5.94. The minimum Gasteiger partial charge on any atom is -0.495 e. The number of carbonyl (C=O) groups excluding carboxylic acids is 1. The molecule has 4 rings (SSSR count). The Kier molecular flexibility index (Phi) is 7.63. The van der Waals surface area contributed by atoms with Gasteiger partial charge in [0, 0.05) is 37.6 Å². The van der Waals surface area contributed by atoms with Gasteiger partial charge in [0.1, 0.15) is 23.0 Å². The normalized spacial score (nSPS) is 14.7. The number of piperazine rings is 1. The molecule has 0 unspecified atom stereocenters. The second-order valence-electron chi connectivity index (χ2n) is 10.6. The fraction of sp³-hybridized carbons (Fsp3) is 0.448. The summed E-state index contributed by atoms with van der Waals surface area (Å²) in [6.07, 6.45) is -0.289. The van der Waals surface area contributed by atoms with Crippen molar-refractivity contribution >= 4 is 28.5 Å². The molecule has 1 saturated heterocycles. The Hall–Kier alpha value is -4.06. The number of nitrogens with zero attached hydrogens (tertiary/aromatic N) is 5. The second kappa shape index (κ2) is 10.7. The summed E-state index contributed by atoms with van der Waals surface area (Å²) in [6, 6.07) is 12.0. The highest BCUT2D eigenvalue weighted by Gasteiger charge is 2.27. The summed E-state index contributed by atoms with van der Waals surface area (Å²) in [7, 11) is 1.65. The summed E-state index contributed by atoms with van der Waals surface area (Å²) in [6.45, 7) is 13.9. The van der Waals surface area contributed by atoms with Crippen LogP contribution in [0.25, 0.3) is 10.9 Å². The zero-order valence-electron chi connectivity index (χ0n) is 23.3. The van der Waals surface area contributed by atoms with Crippen molar-refractivity contribution in [3.63, 3.8) is 0 Å². The largest absolute Gasteiger partial charge is 0.495 e. The van der Waals surface area contributed by atoms with E-state index in [9.17, 15) is 10.1 Å². The first-order valence-electron chi connectivity index (χ1n) is 12.9. The Bertz CT molecular complexity index is 1380. The fourth-order valence-electron chi connectivity index (χ4n) is 4.76. The minimum absolute atomic E-state index is 0.0799. The van der Waals surface area contributed by atoms with E-state index in [1.807, 2.05) is 58.9 Å². The van der Waals surface area contributed by atoms with Crippen molar-refractivity contribution in [2.75, 3.05) is 43.5 Å². The Morgan fingerprint density at radius 1 is 1.13 bits per heavy atom. The zero-order chi connectivity index (χ0) is 27.6. The van der Waals surface area contributed by atoms with Gasteiger partial charge in [0.05, 0.1) is 36.0 Å². The third-order valence-corrected chi connectivity index (χ3v) is 6.70. The zero-order valence-corrected chi connectivity index (χ0v) is 23.3. The third-order valence-electron chi connectivity index (χ3n) is 6.70. The first kappa shape index (κ1) is 27.0. The molecule has 1 aromatic heterocycles. The van der Waals surface area contributed by atoms with E-state index >= 15 is 0 Å². The number of carbonyl (C=O) groups is 1. The van der Waals surface area contributed by atoms with E-state index in [1.165, 1.54) is 0 Å². The molecule has 1 aliphatic heterocycles. The number of ether oxygens (including phenoxy) is 2. The van der Waals surface area contributed by atoms with Gasteiger partial charge in [0.15, 0.2) is 0 Å². The Morgan fingerprint density at radius 2 is 1.84 bits per heavy atom. The number of nitrogens with one attached hydrogen (secondary N) is 1. The van der Waals surface area contributed by atoms with Crippen LogP contribution in [0.15, 0.2) is 30.3 Å². The number of aryl methyl sites for hydroxylation is 1. The molecule has 1 fully saturated rings. The number of rotatable bonds is 5. The lowest BCUT2D eigenvalue weighted by Gasteiger charge is -2.37. The lowest BCUT2D eigenvalue weighted by Crippen LogP contribution is -2.50. The van der Waals surface area contributed by atoms with E-state index in [-0.39, 0.29) is 12.1 Å². The van der Waals surface area contributed by atoms with Crippen LogP contribution < -0.4 is 15.0 Å². The van der Waals surface area contributed by atoms with Crippen LogP contribution in [0.1, 0.15) is 56.3 Å². The molecular formula is C29H36N6O3. The molecule has 9 nitrogen and oxygen atoms in total. The van der Waals surface area contributed by atoms with Crippen molar-refractivity contribution in [2.24, 2.45) is 0 Å². The number of amides is 1. The summed E-state index contributed by atoms with van der Waals surface area (Å²) in [4.78, 5) is 25.9. The molecular weight excluding hydrogens is 480 g/mol. The van der Waals surface area contributed by atoms with Gasteiger partial charge in [0.25, 0.3) is 0 Å². The van der Waals surface area contributed by atoms with E-state index in [1.54, 1.807) is 12.0 Å². The molecule has 38 heavy (non-hydrogen) atoms. The Labute approximate surface area is 224 Å². The molecule has 1 atom stereocenters. The number of hydrogen-bond acceptors (Lipinski definition) is 8. The molecule has 0 aliphatic carbocycles. The van der Waals surface area contributed by atoms with Gasteiger partial charge in [-0.2, -0.15) is 5.26 Å². The van der Waals surface area contributed by atoms with Crippen LogP contribution in [-0.2, 0) is 4.74 Å². The van der Waals surface area contributed by atoms with Crippen LogP contribution >= 0.6 is 0 Å². The predicted molar refractivity (Wildman–Crippen MR) is 149 cm³/mol. The maximum Gasteiger partial charge on any atom is 0.410 e. The fourth-order valence-corrected chi connectivity index (χ4v) is 4.76. The van der Waals surface area contributed by atoms with Crippen LogP contribution in [0.4, 0.5) is 16.3 Å². The number of aromatic nitrogens is 2. The molecule has 0 saturated carbocycles. The van der Waals surface area contributed by atoms with Gasteiger partial charge in [-0.1, -0.05) is 12.1 Å². The van der Waals surface area contributed by atoms with E-state index in [4.69, 9.17) is 14.5 Å². The molecule has 2 aromatic carbocycles. The monoisotopic (exact) mass is 516 g/mol. The molecule has 0 spiro atoms. The van der Waals surface area contributed by atoms with Crippen LogP contribution in [0, 0.1) is 25.2 Å². The van der Waals surface area contributed by atoms with Gasteiger partial charge >= 0.3 is 6.09 Å². The third kappa shape index (κ3) is 5.75. The predicted octanol–water partition coefficient (Wildman–Crippen LogP) is 5.36. The number of nitriles is 1. The van der Waals surface area contributed by atoms with E-state index < -0.39 is 5.60 Å². The maximum atomic E-state index is 12.5. The van der Waals surface area contributed by atoms with Crippen molar-refractivity contribution in [1.29, 1.82) is 5.26 Å². The minimum atomic E-state index is -0.525. The smallest absolute Gasteiger partial charge is 0.410 e. The quantitative estimate of drug-likeness (QED) is 0.484. The molecule has 3 aromatic rings. The highest BCUT2D eigenvalue weighted by atomic mass is 16.6. The SMILES string of the molecule is COc1cc2nc(C)nc(N[C@H](C)c3cccc(C#N)c3C)c2cc1N1CCN(C(=O)OC(C)(C)C)CC1. The summed E-state index contributed by atoms with van der Waals surface area (Å²) in [5.74, 6) is 2.09. The first-order valence-corrected chi connectivity index (χ1v) is 12.9. The molecule has 0 radical (unpaired) electrons. The van der Waals surface area contributed by atoms with Crippen molar-refractivity contribution in [2.45, 2.75) is 53.2 Å². The lowest BCUT2D eigenvalue weighted by atomic mass is 9.98. The van der Waals surface area contributed by atoms with Gasteiger partial charge in [-0.25, -0.2) is 14.8 Å². The summed E-state index contributed by atoms with van der Waals surface area (Å²) >= 11 is 0. The standard InChI is InChI=1S/C29H36N6O3/c1-18-21(17-30)9-8-10-22(18)19(2)31-27-23-15-25(26(37-7)16-24(23)32-20(3)33-27)34-11-13-35(14-12-34)28(36)38-29(4,5)6/h8-10,15-16,19H,11-14H2,1-7H3,(H,31,32,33)/t19-/m1/s1. The van der Waals surface area contributed by atoms with E-state index in [0.29, 0.717) is 37.6 Å². The Morgan fingerprint density at radius 3 is 2.47 bits per heavy atom. The molecule has 2 heterocycles. The summed E-state index contributed by atoms with van der Waals surface area (Å²) in [5, 5.41) is 13.9. The molecule has 0 bridgehead atoms. The number of fused-ring (bicyclic) bond motifs is 1. The molecule has 1 amide bonds. The second-order valence-corrected chi connectivity index (χ2v) is 10.6. The topological polar surface area (TPSA) is 104 Å². The van der Waals surface area contributed by atoms with Crippen LogP contribution in [0.5, 0.6) is 5.75 Å². The van der Waals surface area contributed by atoms with Crippen molar-refractivity contribution < 1.29 is 14.3 Å². The molecule has 9 heteroatoms. The van der Waals surface area contributed by atoms with Crippen LogP contribution in [0.2, 0.25) is 0 Å². The molecule has 1 N–H and O–H groups in total. The van der Waals surface area contributed by atoms with Crippen molar-refractivity contribution in [3.05, 3.63) is 52.8 Å². The average molecular weight is 517 g/mol. The summed E-state index contributed by atoms with van der Waals surface area (Å²) in [5.41, 5.74) is 3.84. The van der Waals surface area contributed by atoms with Gasteiger partial charge < -0.3 is 24.6 Å². The maximum absolute atomic E-state index is 12.5. The number of hydrogen-bond donors (Lipinski definition) is 1. The van der Waals surface area contributed by atoms with Crippen molar-refractivity contribution in [3.8, 4) is 11.8 Å². The van der Waals surface area contributed by atoms with Crippen LogP contribution in [0.3, 0.4) is 0 Å². The number of methoxy groups -OCH3 is 1. The lowest BCUT2D eigenvalue weighted by molar-refractivity contribution is 0.0240. The van der Waals surface area contributed by atoms with Gasteiger partial charge in [-0.05, 0) is 64.8 Å². The number of anilines is 2. The van der Waals surface area contributed by atoms with Gasteiger partial charge in [-0.3, -0.25) is 0 Å². The van der Waals surface area contributed by atoms with Gasteiger partial charge in [-0.15, -0.1) is 0 Å². The molecule has 200 valence electrons. The highest BCUT2D eigenvalue weighted by Crippen LogP contribution is 2.36. The van der Waals surface area contributed by atoms with E-state index in [0.717, 1.165) is 39.3 Å². The van der Waals surface area contributed by atoms with Crippen molar-refractivity contribution in [1.82, 2.24) is 14.9 Å². The Balaban J connectivity index is 1.64.